The lowest BCUT2D eigenvalue weighted by Gasteiger charge is -2.25. The third-order valence-corrected chi connectivity index (χ3v) is 10.8. The molecule has 4 N–H and O–H groups in total. The Bertz CT molecular complexity index is 1720. The maximum atomic E-state index is 12.6. The molecule has 10 heteroatoms. The molecule has 0 heterocycles. The number of unbranched alkanes of at least 4 members (excludes halogenated alkanes) is 11. The van der Waals surface area contributed by atoms with Crippen LogP contribution in [-0.2, 0) is 32.0 Å². The molecule has 0 fully saturated rings. The standard InChI is InChI=1S/C25H21NO4.C18H32O2.C4H7ClO2/c27-23(28)25(13-16-7-1-2-8-17(16)14-25)26-24(29)30-15-22-20-11-5-3-9-18(20)19-10-4-6-12-21(19)22;1-2-3-4-5-6-7-8-9-10-11-12-13-14-15-16-17-18(19)20;1-2-3(5)4(6)7/h1-12,22H,13-15H2,(H,26,29)(H,27,28);14-17H,2-13H2,1H3,(H,19,20);3H,2H2,1H3,(H,6,7). The number of ether oxygens (including phenoxy) is 1. The average molecular weight is 802 g/mol. The van der Waals surface area contributed by atoms with E-state index in [2.05, 4.69) is 24.4 Å². The summed E-state index contributed by atoms with van der Waals surface area (Å²) in [7, 11) is 0. The second-order valence-electron chi connectivity index (χ2n) is 14.6. The summed E-state index contributed by atoms with van der Waals surface area (Å²) >= 11 is 5.20. The monoisotopic (exact) mass is 801 g/mol. The first-order valence-corrected chi connectivity index (χ1v) is 20.8. The van der Waals surface area contributed by atoms with Crippen LogP contribution in [0.3, 0.4) is 0 Å². The van der Waals surface area contributed by atoms with E-state index in [0.717, 1.165) is 45.9 Å². The highest BCUT2D eigenvalue weighted by Crippen LogP contribution is 2.44. The summed E-state index contributed by atoms with van der Waals surface area (Å²) in [6.45, 7) is 4.14. The van der Waals surface area contributed by atoms with E-state index in [4.69, 9.17) is 26.6 Å². The fraction of sp³-hybridized carbons (Fsp3) is 0.447. The zero-order valence-electron chi connectivity index (χ0n) is 33.5. The smallest absolute Gasteiger partial charge is 0.408 e. The highest BCUT2D eigenvalue weighted by molar-refractivity contribution is 6.29. The van der Waals surface area contributed by atoms with Crippen molar-refractivity contribution in [2.75, 3.05) is 6.61 Å². The lowest BCUT2D eigenvalue weighted by Crippen LogP contribution is -2.55. The number of halogens is 1. The molecule has 0 saturated heterocycles. The van der Waals surface area contributed by atoms with Crippen LogP contribution >= 0.6 is 11.6 Å². The Balaban J connectivity index is 0.000000279. The van der Waals surface area contributed by atoms with Crippen LogP contribution in [0, 0.1) is 0 Å². The molecule has 3 aromatic rings. The molecule has 0 spiro atoms. The number of allylic oxidation sites excluding steroid dienone is 3. The number of carbonyl (C=O) groups is 4. The van der Waals surface area contributed by atoms with Gasteiger partial charge in [-0.25, -0.2) is 14.4 Å². The number of amides is 1. The van der Waals surface area contributed by atoms with Crippen LogP contribution in [0.2, 0.25) is 0 Å². The van der Waals surface area contributed by atoms with Crippen LogP contribution in [0.15, 0.2) is 97.1 Å². The van der Waals surface area contributed by atoms with Crippen LogP contribution in [0.1, 0.15) is 125 Å². The van der Waals surface area contributed by atoms with Gasteiger partial charge in [-0.1, -0.05) is 169 Å². The maximum absolute atomic E-state index is 12.6. The molecule has 1 amide bonds. The van der Waals surface area contributed by atoms with Gasteiger partial charge in [0.1, 0.15) is 17.5 Å². The zero-order valence-corrected chi connectivity index (χ0v) is 34.2. The Morgan fingerprint density at radius 1 is 0.737 bits per heavy atom. The quantitative estimate of drug-likeness (QED) is 0.0382. The maximum Gasteiger partial charge on any atom is 0.408 e. The second kappa shape index (κ2) is 25.4. The molecule has 0 bridgehead atoms. The molecule has 0 aliphatic heterocycles. The summed E-state index contributed by atoms with van der Waals surface area (Å²) in [6, 6.07) is 23.8. The summed E-state index contributed by atoms with van der Waals surface area (Å²) in [5.74, 6) is -2.94. The number of alkyl carbamates (subject to hydrolysis) is 1. The van der Waals surface area contributed by atoms with E-state index in [1.165, 1.54) is 70.6 Å². The molecular weight excluding hydrogens is 742 g/mol. The van der Waals surface area contributed by atoms with Crippen molar-refractivity contribution >= 4 is 35.6 Å². The molecule has 2 aliphatic carbocycles. The highest BCUT2D eigenvalue weighted by Gasteiger charge is 2.46. The van der Waals surface area contributed by atoms with Crippen LogP contribution in [0.4, 0.5) is 4.79 Å². The molecule has 3 aromatic carbocycles. The summed E-state index contributed by atoms with van der Waals surface area (Å²) in [5, 5.41) is 28.2. The minimum absolute atomic E-state index is 0.0651. The van der Waals surface area contributed by atoms with Gasteiger partial charge >= 0.3 is 24.0 Å². The SMILES string of the molecule is CCC(Cl)C(=O)O.CCCCCCCCCCCCCC=CC=CC(=O)O.O=C(NC1(C(=O)O)Cc2ccccc2C1)OCC1c2ccccc2-c2ccccc21. The molecular formula is C47H60ClNO8. The van der Waals surface area contributed by atoms with Crippen molar-refractivity contribution in [2.45, 2.75) is 127 Å². The van der Waals surface area contributed by atoms with E-state index < -0.39 is 34.9 Å². The molecule has 1 atom stereocenters. The van der Waals surface area contributed by atoms with E-state index in [1.54, 1.807) is 13.0 Å². The van der Waals surface area contributed by atoms with Crippen LogP contribution in [0.5, 0.6) is 0 Å². The molecule has 0 radical (unpaired) electrons. The van der Waals surface area contributed by atoms with Crippen molar-refractivity contribution in [3.8, 4) is 11.1 Å². The Morgan fingerprint density at radius 3 is 1.68 bits per heavy atom. The number of carboxylic acids is 3. The fourth-order valence-electron chi connectivity index (χ4n) is 7.15. The Morgan fingerprint density at radius 2 is 1.23 bits per heavy atom. The Labute approximate surface area is 343 Å². The minimum atomic E-state index is -1.37. The van der Waals surface area contributed by atoms with Gasteiger partial charge in [-0.2, -0.15) is 0 Å². The zero-order chi connectivity index (χ0) is 41.5. The summed E-state index contributed by atoms with van der Waals surface area (Å²) in [4.78, 5) is 44.7. The van der Waals surface area contributed by atoms with Crippen molar-refractivity contribution in [2.24, 2.45) is 0 Å². The summed E-state index contributed by atoms with van der Waals surface area (Å²) < 4.78 is 5.56. The largest absolute Gasteiger partial charge is 0.480 e. The summed E-state index contributed by atoms with van der Waals surface area (Å²) in [5.41, 5.74) is 5.05. The third kappa shape index (κ3) is 15.5. The van der Waals surface area contributed by atoms with Gasteiger partial charge < -0.3 is 25.4 Å². The number of fused-ring (bicyclic) bond motifs is 4. The number of aliphatic carboxylic acids is 3. The van der Waals surface area contributed by atoms with Gasteiger partial charge in [0.25, 0.3) is 0 Å². The van der Waals surface area contributed by atoms with Crippen LogP contribution < -0.4 is 5.32 Å². The molecule has 308 valence electrons. The Kier molecular flexibility index (Phi) is 20.7. The molecule has 57 heavy (non-hydrogen) atoms. The second-order valence-corrected chi connectivity index (χ2v) is 15.2. The normalized spacial score (nSPS) is 14.0. The number of carbonyl (C=O) groups excluding carboxylic acids is 1. The van der Waals surface area contributed by atoms with Crippen molar-refractivity contribution in [3.05, 3.63) is 119 Å². The van der Waals surface area contributed by atoms with Gasteiger partial charge in [0, 0.05) is 24.8 Å². The van der Waals surface area contributed by atoms with Crippen LogP contribution in [0.25, 0.3) is 11.1 Å². The first-order chi connectivity index (χ1) is 27.5. The average Bonchev–Trinajstić information content (AvgIpc) is 3.74. The van der Waals surface area contributed by atoms with Crippen LogP contribution in [-0.4, -0.2) is 56.8 Å². The van der Waals surface area contributed by atoms with E-state index in [1.807, 2.05) is 72.8 Å². The number of alkyl halides is 1. The van der Waals surface area contributed by atoms with E-state index >= 15 is 0 Å². The van der Waals surface area contributed by atoms with Crippen molar-refractivity contribution in [3.63, 3.8) is 0 Å². The van der Waals surface area contributed by atoms with Gasteiger partial charge in [-0.05, 0) is 52.6 Å². The fourth-order valence-corrected chi connectivity index (χ4v) is 7.15. The predicted octanol–water partition coefficient (Wildman–Crippen LogP) is 11.1. The molecule has 0 aromatic heterocycles. The molecule has 2 aliphatic rings. The molecule has 0 saturated carbocycles. The number of carboxylic acid groups (broad SMARTS) is 3. The lowest BCUT2D eigenvalue weighted by atomic mass is 9.96. The molecule has 5 rings (SSSR count). The van der Waals surface area contributed by atoms with E-state index in [0.29, 0.717) is 6.42 Å². The molecule has 1 unspecified atom stereocenters. The number of hydrogen-bond acceptors (Lipinski definition) is 5. The molecule has 9 nitrogen and oxygen atoms in total. The number of benzene rings is 3. The number of nitrogens with one attached hydrogen (secondary N) is 1. The lowest BCUT2D eigenvalue weighted by molar-refractivity contribution is -0.144. The van der Waals surface area contributed by atoms with Crippen molar-refractivity contribution in [1.29, 1.82) is 0 Å². The van der Waals surface area contributed by atoms with E-state index in [9.17, 15) is 24.3 Å². The van der Waals surface area contributed by atoms with Gasteiger partial charge in [0.05, 0.1) is 0 Å². The summed E-state index contributed by atoms with van der Waals surface area (Å²) in [6.07, 6.45) is 23.0. The number of hydrogen-bond donors (Lipinski definition) is 4. The number of rotatable bonds is 20. The van der Waals surface area contributed by atoms with Gasteiger partial charge in [0.2, 0.25) is 0 Å². The van der Waals surface area contributed by atoms with Gasteiger partial charge in [0.15, 0.2) is 0 Å². The first-order valence-electron chi connectivity index (χ1n) is 20.4. The predicted molar refractivity (Wildman–Crippen MR) is 227 cm³/mol. The minimum Gasteiger partial charge on any atom is -0.480 e. The Hall–Kier alpha value is -4.89. The van der Waals surface area contributed by atoms with Gasteiger partial charge in [-0.15, -0.1) is 11.6 Å². The first kappa shape index (κ1) is 46.5. The van der Waals surface area contributed by atoms with Crippen molar-refractivity contribution < 1.29 is 39.2 Å². The van der Waals surface area contributed by atoms with E-state index in [-0.39, 0.29) is 25.4 Å². The van der Waals surface area contributed by atoms with Gasteiger partial charge in [-0.3, -0.25) is 4.79 Å². The topological polar surface area (TPSA) is 150 Å². The van der Waals surface area contributed by atoms with Crippen molar-refractivity contribution in [1.82, 2.24) is 5.32 Å². The third-order valence-electron chi connectivity index (χ3n) is 10.3. The highest BCUT2D eigenvalue weighted by atomic mass is 35.5.